The number of nitrogens with zero attached hydrogens (tertiary/aromatic N) is 2. The van der Waals surface area contributed by atoms with E-state index in [1.165, 1.54) is 7.11 Å². The Morgan fingerprint density at radius 3 is 2.52 bits per heavy atom. The molecule has 0 aliphatic heterocycles. The maximum atomic E-state index is 11.6. The van der Waals surface area contributed by atoms with Crippen molar-refractivity contribution in [2.24, 2.45) is 4.99 Å². The molecule has 0 radical (unpaired) electrons. The van der Waals surface area contributed by atoms with Crippen molar-refractivity contribution in [1.29, 1.82) is 0 Å². The highest BCUT2D eigenvalue weighted by atomic mass is 16.5. The summed E-state index contributed by atoms with van der Waals surface area (Å²) in [5.41, 5.74) is 5.65. The fourth-order valence-electron chi connectivity index (χ4n) is 2.87. The highest BCUT2D eigenvalue weighted by Gasteiger charge is 2.09. The van der Waals surface area contributed by atoms with Gasteiger partial charge in [0.05, 0.1) is 18.4 Å². The first-order chi connectivity index (χ1) is 12.1. The van der Waals surface area contributed by atoms with E-state index in [9.17, 15) is 4.79 Å². The topological polar surface area (TPSA) is 43.6 Å². The van der Waals surface area contributed by atoms with Gasteiger partial charge in [0.15, 0.2) is 0 Å². The molecule has 0 amide bonds. The van der Waals surface area contributed by atoms with Gasteiger partial charge in [-0.05, 0) is 50.2 Å². The predicted molar refractivity (Wildman–Crippen MR) is 100 cm³/mol. The summed E-state index contributed by atoms with van der Waals surface area (Å²) < 4.78 is 6.95. The lowest BCUT2D eigenvalue weighted by Crippen LogP contribution is -2.00. The highest BCUT2D eigenvalue weighted by Crippen LogP contribution is 2.21. The number of aliphatic imine (C=N–C) groups is 1. The zero-order valence-corrected chi connectivity index (χ0v) is 14.6. The molecule has 1 heterocycles. The molecule has 0 aliphatic rings. The summed E-state index contributed by atoms with van der Waals surface area (Å²) in [6.07, 6.45) is 1.83. The van der Waals surface area contributed by atoms with Crippen LogP contribution >= 0.6 is 0 Å². The fraction of sp³-hybridized carbons (Fsp3) is 0.143. The Kier molecular flexibility index (Phi) is 4.80. The molecule has 0 unspecified atom stereocenters. The normalized spacial score (nSPS) is 11.0. The van der Waals surface area contributed by atoms with E-state index in [0.717, 1.165) is 22.6 Å². The van der Waals surface area contributed by atoms with E-state index in [4.69, 9.17) is 4.74 Å². The van der Waals surface area contributed by atoms with Gasteiger partial charge in [-0.15, -0.1) is 0 Å². The van der Waals surface area contributed by atoms with Gasteiger partial charge in [-0.25, -0.2) is 4.79 Å². The summed E-state index contributed by atoms with van der Waals surface area (Å²) in [6.45, 7) is 4.15. The zero-order valence-electron chi connectivity index (χ0n) is 14.6. The lowest BCUT2D eigenvalue weighted by molar-refractivity contribution is 0.0601. The smallest absolute Gasteiger partial charge is 0.337 e. The van der Waals surface area contributed by atoms with E-state index >= 15 is 0 Å². The van der Waals surface area contributed by atoms with E-state index in [2.05, 4.69) is 41.6 Å². The Labute approximate surface area is 147 Å². The first kappa shape index (κ1) is 16.7. The monoisotopic (exact) mass is 332 g/mol. The molecule has 2 aromatic carbocycles. The van der Waals surface area contributed by atoms with Gasteiger partial charge in [-0.1, -0.05) is 24.3 Å². The molecule has 0 fully saturated rings. The van der Waals surface area contributed by atoms with Crippen molar-refractivity contribution in [3.8, 4) is 5.69 Å². The largest absolute Gasteiger partial charge is 0.465 e. The second-order valence-electron chi connectivity index (χ2n) is 5.80. The van der Waals surface area contributed by atoms with Crippen LogP contribution in [0, 0.1) is 13.8 Å². The van der Waals surface area contributed by atoms with Gasteiger partial charge in [0, 0.05) is 28.9 Å². The second-order valence-corrected chi connectivity index (χ2v) is 5.80. The lowest BCUT2D eigenvalue weighted by atomic mass is 10.2. The molecule has 0 aliphatic carbocycles. The van der Waals surface area contributed by atoms with Crippen molar-refractivity contribution in [3.05, 3.63) is 83.2 Å². The van der Waals surface area contributed by atoms with Crippen LogP contribution in [0.2, 0.25) is 0 Å². The molecule has 0 atom stereocenters. The molecule has 0 saturated carbocycles. The Morgan fingerprint density at radius 2 is 1.80 bits per heavy atom. The third-order valence-electron chi connectivity index (χ3n) is 4.10. The predicted octanol–water partition coefficient (Wildman–Crippen LogP) is 4.63. The van der Waals surface area contributed by atoms with Crippen molar-refractivity contribution in [2.45, 2.75) is 13.8 Å². The quantitative estimate of drug-likeness (QED) is 0.516. The first-order valence-corrected chi connectivity index (χ1v) is 8.07. The van der Waals surface area contributed by atoms with Gasteiger partial charge in [0.25, 0.3) is 0 Å². The van der Waals surface area contributed by atoms with Crippen molar-refractivity contribution in [3.63, 3.8) is 0 Å². The standard InChI is InChI=1S/C21H20N2O2/c1-15-12-18(16(2)23(15)20-10-5-4-6-11-20)14-22-19-9-7-8-17(13-19)21(24)25-3/h4-14H,1-3H3. The maximum absolute atomic E-state index is 11.6. The number of hydrogen-bond donors (Lipinski definition) is 0. The number of esters is 1. The Bertz CT molecular complexity index is 924. The number of para-hydroxylation sites is 1. The van der Waals surface area contributed by atoms with Crippen LogP contribution in [0.4, 0.5) is 5.69 Å². The molecule has 3 rings (SSSR count). The third-order valence-corrected chi connectivity index (χ3v) is 4.10. The second kappa shape index (κ2) is 7.18. The van der Waals surface area contributed by atoms with Gasteiger partial charge >= 0.3 is 5.97 Å². The molecular formula is C21H20N2O2. The molecule has 4 nitrogen and oxygen atoms in total. The summed E-state index contributed by atoms with van der Waals surface area (Å²) in [5, 5.41) is 0. The molecule has 0 saturated heterocycles. The number of benzene rings is 2. The summed E-state index contributed by atoms with van der Waals surface area (Å²) in [7, 11) is 1.37. The number of aryl methyl sites for hydroxylation is 1. The third kappa shape index (κ3) is 3.53. The van der Waals surface area contributed by atoms with Crippen LogP contribution in [0.3, 0.4) is 0 Å². The van der Waals surface area contributed by atoms with Crippen LogP contribution in [-0.4, -0.2) is 23.9 Å². The lowest BCUT2D eigenvalue weighted by Gasteiger charge is -2.08. The average Bonchev–Trinajstić information content (AvgIpc) is 2.93. The summed E-state index contributed by atoms with van der Waals surface area (Å²) in [4.78, 5) is 16.1. The molecule has 25 heavy (non-hydrogen) atoms. The van der Waals surface area contributed by atoms with Crippen LogP contribution in [0.15, 0.2) is 65.7 Å². The van der Waals surface area contributed by atoms with Crippen LogP contribution < -0.4 is 0 Å². The van der Waals surface area contributed by atoms with Crippen LogP contribution in [0.1, 0.15) is 27.3 Å². The minimum Gasteiger partial charge on any atom is -0.465 e. The fourth-order valence-corrected chi connectivity index (χ4v) is 2.87. The maximum Gasteiger partial charge on any atom is 0.337 e. The number of carbonyl (C=O) groups is 1. The van der Waals surface area contributed by atoms with Gasteiger partial charge in [-0.2, -0.15) is 0 Å². The minimum atomic E-state index is -0.362. The summed E-state index contributed by atoms with van der Waals surface area (Å²) in [6, 6.07) is 19.4. The summed E-state index contributed by atoms with van der Waals surface area (Å²) in [5.74, 6) is -0.362. The number of ether oxygens (including phenoxy) is 1. The van der Waals surface area contributed by atoms with Gasteiger partial charge in [-0.3, -0.25) is 4.99 Å². The van der Waals surface area contributed by atoms with Crippen LogP contribution in [0.25, 0.3) is 5.69 Å². The van der Waals surface area contributed by atoms with Crippen molar-refractivity contribution < 1.29 is 9.53 Å². The number of carbonyl (C=O) groups excluding carboxylic acids is 1. The minimum absolute atomic E-state index is 0.362. The number of rotatable bonds is 4. The SMILES string of the molecule is COC(=O)c1cccc(N=Cc2cc(C)n(-c3ccccc3)c2C)c1. The zero-order chi connectivity index (χ0) is 17.8. The molecule has 0 N–H and O–H groups in total. The Hall–Kier alpha value is -3.14. The number of hydrogen-bond acceptors (Lipinski definition) is 3. The summed E-state index contributed by atoms with van der Waals surface area (Å²) >= 11 is 0. The van der Waals surface area contributed by atoms with Gasteiger partial charge < -0.3 is 9.30 Å². The van der Waals surface area contributed by atoms with Crippen LogP contribution in [-0.2, 0) is 4.74 Å². The van der Waals surface area contributed by atoms with Gasteiger partial charge in [0.2, 0.25) is 0 Å². The molecule has 126 valence electrons. The molecule has 1 aromatic heterocycles. The van der Waals surface area contributed by atoms with E-state index < -0.39 is 0 Å². The molecule has 0 spiro atoms. The molecular weight excluding hydrogens is 312 g/mol. The molecule has 0 bridgehead atoms. The Morgan fingerprint density at radius 1 is 1.04 bits per heavy atom. The highest BCUT2D eigenvalue weighted by molar-refractivity contribution is 5.91. The van der Waals surface area contributed by atoms with Crippen molar-refractivity contribution >= 4 is 17.9 Å². The van der Waals surface area contributed by atoms with E-state index in [0.29, 0.717) is 11.3 Å². The van der Waals surface area contributed by atoms with Gasteiger partial charge in [0.1, 0.15) is 0 Å². The Balaban J connectivity index is 1.92. The van der Waals surface area contributed by atoms with E-state index in [1.807, 2.05) is 30.5 Å². The van der Waals surface area contributed by atoms with E-state index in [-0.39, 0.29) is 5.97 Å². The first-order valence-electron chi connectivity index (χ1n) is 8.07. The van der Waals surface area contributed by atoms with Crippen molar-refractivity contribution in [2.75, 3.05) is 7.11 Å². The van der Waals surface area contributed by atoms with Crippen molar-refractivity contribution in [1.82, 2.24) is 4.57 Å². The number of methoxy groups -OCH3 is 1. The van der Waals surface area contributed by atoms with Crippen LogP contribution in [0.5, 0.6) is 0 Å². The average molecular weight is 332 g/mol. The van der Waals surface area contributed by atoms with E-state index in [1.54, 1.807) is 18.2 Å². The number of aromatic nitrogens is 1. The molecule has 3 aromatic rings. The molecule has 4 heteroatoms.